The molecule has 0 aliphatic carbocycles. The lowest BCUT2D eigenvalue weighted by Crippen LogP contribution is -2.39. The number of aliphatic hydroxyl groups is 1. The van der Waals surface area contributed by atoms with Crippen LogP contribution in [0.1, 0.15) is 16.7 Å². The topological polar surface area (TPSA) is 49.8 Å². The van der Waals surface area contributed by atoms with Crippen LogP contribution in [-0.4, -0.2) is 42.7 Å². The van der Waals surface area contributed by atoms with Crippen LogP contribution in [0, 0.1) is 0 Å². The highest BCUT2D eigenvalue weighted by Crippen LogP contribution is 2.32. The van der Waals surface area contributed by atoms with Crippen molar-refractivity contribution in [1.29, 1.82) is 0 Å². The van der Waals surface area contributed by atoms with Gasteiger partial charge in [0.05, 0.1) is 19.8 Å². The van der Waals surface area contributed by atoms with Crippen LogP contribution >= 0.6 is 0 Å². The van der Waals surface area contributed by atoms with E-state index in [9.17, 15) is 9.90 Å². The van der Waals surface area contributed by atoms with Crippen molar-refractivity contribution in [3.05, 3.63) is 65.2 Å². The summed E-state index contributed by atoms with van der Waals surface area (Å²) in [4.78, 5) is 14.6. The molecule has 1 N–H and O–H groups in total. The van der Waals surface area contributed by atoms with E-state index in [1.54, 1.807) is 19.1 Å². The van der Waals surface area contributed by atoms with Gasteiger partial charge in [-0.1, -0.05) is 36.4 Å². The van der Waals surface area contributed by atoms with E-state index in [2.05, 4.69) is 0 Å². The average Bonchev–Trinajstić information content (AvgIpc) is 2.72. The number of aliphatic hydroxyl groups excluding tert-OH is 1. The summed E-state index contributed by atoms with van der Waals surface area (Å²) in [5.41, 5.74) is 3.49. The van der Waals surface area contributed by atoms with Gasteiger partial charge in [-0.05, 0) is 41.3 Å². The molecule has 1 atom stereocenters. The molecule has 1 aliphatic heterocycles. The van der Waals surface area contributed by atoms with E-state index in [0.29, 0.717) is 17.7 Å². The fourth-order valence-electron chi connectivity index (χ4n) is 3.02. The van der Waals surface area contributed by atoms with Crippen LogP contribution in [0.2, 0.25) is 0 Å². The Hall–Kier alpha value is -2.59. The molecule has 0 bridgehead atoms. The van der Waals surface area contributed by atoms with Gasteiger partial charge in [0.15, 0.2) is 0 Å². The smallest absolute Gasteiger partial charge is 0.254 e. The Morgan fingerprint density at radius 1 is 1.25 bits per heavy atom. The van der Waals surface area contributed by atoms with Gasteiger partial charge >= 0.3 is 0 Å². The van der Waals surface area contributed by atoms with Gasteiger partial charge in [-0.2, -0.15) is 0 Å². The SMILES string of the molecule is COc1ccc2c(c1)/C(=C\c1ccccc1)C(=O)N(C)[C@@H](CO)C2. The van der Waals surface area contributed by atoms with E-state index >= 15 is 0 Å². The summed E-state index contributed by atoms with van der Waals surface area (Å²) in [5.74, 6) is 0.621. The van der Waals surface area contributed by atoms with Crippen LogP contribution in [0.4, 0.5) is 0 Å². The molecule has 1 aliphatic rings. The van der Waals surface area contributed by atoms with Crippen LogP contribution in [0.5, 0.6) is 5.75 Å². The van der Waals surface area contributed by atoms with Crippen LogP contribution in [0.25, 0.3) is 11.6 Å². The first-order valence-corrected chi connectivity index (χ1v) is 7.96. The maximum atomic E-state index is 13.0. The van der Waals surface area contributed by atoms with Gasteiger partial charge in [0.2, 0.25) is 0 Å². The Bertz CT molecular complexity index is 768. The van der Waals surface area contributed by atoms with Crippen LogP contribution < -0.4 is 4.74 Å². The zero-order valence-electron chi connectivity index (χ0n) is 13.9. The first-order valence-electron chi connectivity index (χ1n) is 7.96. The molecule has 4 nitrogen and oxygen atoms in total. The number of hydrogen-bond donors (Lipinski definition) is 1. The molecule has 3 rings (SSSR count). The lowest BCUT2D eigenvalue weighted by atomic mass is 9.95. The minimum atomic E-state index is -0.230. The summed E-state index contributed by atoms with van der Waals surface area (Å²) in [6.45, 7) is -0.0632. The molecule has 4 heteroatoms. The predicted octanol–water partition coefficient (Wildman–Crippen LogP) is 2.61. The third-order valence-corrected chi connectivity index (χ3v) is 4.48. The maximum Gasteiger partial charge on any atom is 0.254 e. The number of likely N-dealkylation sites (N-methyl/N-ethyl adjacent to an activating group) is 1. The molecular weight excluding hydrogens is 302 g/mol. The van der Waals surface area contributed by atoms with Crippen molar-refractivity contribution in [2.75, 3.05) is 20.8 Å². The van der Waals surface area contributed by atoms with Crippen molar-refractivity contribution in [3.8, 4) is 5.75 Å². The Morgan fingerprint density at radius 2 is 2.00 bits per heavy atom. The zero-order chi connectivity index (χ0) is 17.1. The Labute approximate surface area is 142 Å². The number of nitrogens with zero attached hydrogens (tertiary/aromatic N) is 1. The number of benzene rings is 2. The second-order valence-electron chi connectivity index (χ2n) is 5.95. The molecule has 0 aromatic heterocycles. The molecule has 0 saturated carbocycles. The fourth-order valence-corrected chi connectivity index (χ4v) is 3.02. The van der Waals surface area contributed by atoms with E-state index in [4.69, 9.17) is 4.74 Å². The number of amides is 1. The van der Waals surface area contributed by atoms with Crippen molar-refractivity contribution in [2.24, 2.45) is 0 Å². The van der Waals surface area contributed by atoms with Gasteiger partial charge in [0.1, 0.15) is 5.75 Å². The molecule has 0 radical (unpaired) electrons. The Balaban J connectivity index is 2.18. The van der Waals surface area contributed by atoms with E-state index in [0.717, 1.165) is 16.7 Å². The molecule has 0 fully saturated rings. The van der Waals surface area contributed by atoms with Crippen molar-refractivity contribution in [3.63, 3.8) is 0 Å². The van der Waals surface area contributed by atoms with Crippen LogP contribution in [0.15, 0.2) is 48.5 Å². The van der Waals surface area contributed by atoms with Gasteiger partial charge < -0.3 is 14.7 Å². The van der Waals surface area contributed by atoms with E-state index < -0.39 is 0 Å². The predicted molar refractivity (Wildman–Crippen MR) is 94.7 cm³/mol. The summed E-state index contributed by atoms with van der Waals surface area (Å²) in [6, 6.07) is 15.3. The monoisotopic (exact) mass is 323 g/mol. The van der Waals surface area contributed by atoms with Gasteiger partial charge in [0, 0.05) is 12.6 Å². The minimum absolute atomic E-state index is 0.0632. The summed E-state index contributed by atoms with van der Waals surface area (Å²) < 4.78 is 5.33. The normalized spacial score (nSPS) is 19.1. The molecule has 2 aromatic rings. The molecule has 0 saturated heterocycles. The first-order chi connectivity index (χ1) is 11.6. The molecule has 0 unspecified atom stereocenters. The highest BCUT2D eigenvalue weighted by atomic mass is 16.5. The van der Waals surface area contributed by atoms with E-state index in [-0.39, 0.29) is 18.6 Å². The Kier molecular flexibility index (Phi) is 4.67. The lowest BCUT2D eigenvalue weighted by Gasteiger charge is -2.24. The molecule has 1 amide bonds. The van der Waals surface area contributed by atoms with Gasteiger partial charge in [-0.3, -0.25) is 4.79 Å². The molecule has 124 valence electrons. The van der Waals surface area contributed by atoms with Crippen molar-refractivity contribution in [2.45, 2.75) is 12.5 Å². The maximum absolute atomic E-state index is 13.0. The second kappa shape index (κ2) is 6.89. The van der Waals surface area contributed by atoms with E-state index in [1.165, 1.54) is 0 Å². The standard InChI is InChI=1S/C20H21NO3/c1-21-16(13-22)11-15-8-9-17(24-2)12-18(15)19(20(21)23)10-14-6-4-3-5-7-14/h3-10,12,16,22H,11,13H2,1-2H3/b19-10+/t16-/m1/s1. The number of hydrogen-bond acceptors (Lipinski definition) is 3. The third kappa shape index (κ3) is 3.05. The van der Waals surface area contributed by atoms with Gasteiger partial charge in [-0.25, -0.2) is 0 Å². The summed E-state index contributed by atoms with van der Waals surface area (Å²) >= 11 is 0. The first kappa shape index (κ1) is 16.3. The lowest BCUT2D eigenvalue weighted by molar-refractivity contribution is -0.126. The second-order valence-corrected chi connectivity index (χ2v) is 5.95. The summed E-state index contributed by atoms with van der Waals surface area (Å²) in [5, 5.41) is 9.67. The molecule has 1 heterocycles. The molecule has 0 spiro atoms. The van der Waals surface area contributed by atoms with E-state index in [1.807, 2.05) is 54.6 Å². The number of carbonyl (C=O) groups is 1. The average molecular weight is 323 g/mol. The number of fused-ring (bicyclic) bond motifs is 1. The van der Waals surface area contributed by atoms with Gasteiger partial charge in [0.25, 0.3) is 5.91 Å². The van der Waals surface area contributed by atoms with Crippen LogP contribution in [-0.2, 0) is 11.2 Å². The third-order valence-electron chi connectivity index (χ3n) is 4.48. The fraction of sp³-hybridized carbons (Fsp3) is 0.250. The van der Waals surface area contributed by atoms with Crippen molar-refractivity contribution < 1.29 is 14.6 Å². The quantitative estimate of drug-likeness (QED) is 0.884. The van der Waals surface area contributed by atoms with Crippen molar-refractivity contribution in [1.82, 2.24) is 4.90 Å². The number of carbonyl (C=O) groups excluding carboxylic acids is 1. The number of rotatable bonds is 3. The highest BCUT2D eigenvalue weighted by molar-refractivity contribution is 6.25. The zero-order valence-corrected chi connectivity index (χ0v) is 13.9. The summed E-state index contributed by atoms with van der Waals surface area (Å²) in [6.07, 6.45) is 2.51. The molecule has 24 heavy (non-hydrogen) atoms. The van der Waals surface area contributed by atoms with Crippen LogP contribution in [0.3, 0.4) is 0 Å². The molecule has 2 aromatic carbocycles. The highest BCUT2D eigenvalue weighted by Gasteiger charge is 2.29. The number of methoxy groups -OCH3 is 1. The van der Waals surface area contributed by atoms with Gasteiger partial charge in [-0.15, -0.1) is 0 Å². The largest absolute Gasteiger partial charge is 0.497 e. The Morgan fingerprint density at radius 3 is 2.67 bits per heavy atom. The van der Waals surface area contributed by atoms with Crippen molar-refractivity contribution >= 4 is 17.6 Å². The number of ether oxygens (including phenoxy) is 1. The summed E-state index contributed by atoms with van der Waals surface area (Å²) in [7, 11) is 3.36. The molecular formula is C20H21NO3. The minimum Gasteiger partial charge on any atom is -0.497 e.